The van der Waals surface area contributed by atoms with Crippen molar-refractivity contribution in [2.45, 2.75) is 78.6 Å². The van der Waals surface area contributed by atoms with Gasteiger partial charge in [0, 0.05) is 18.9 Å². The first-order chi connectivity index (χ1) is 12.6. The van der Waals surface area contributed by atoms with Crippen molar-refractivity contribution in [3.8, 4) is 17.2 Å². The van der Waals surface area contributed by atoms with E-state index < -0.39 is 0 Å². The molecule has 0 fully saturated rings. The number of benzene rings is 1. The largest absolute Gasteiger partial charge is 0.493 e. The Bertz CT molecular complexity index is 553. The molecule has 5 nitrogen and oxygen atoms in total. The number of esters is 2. The summed E-state index contributed by atoms with van der Waals surface area (Å²) < 4.78 is 16.4. The number of carbonyl (C=O) groups is 2. The van der Waals surface area contributed by atoms with E-state index in [0.29, 0.717) is 38.0 Å². The van der Waals surface area contributed by atoms with E-state index in [1.807, 2.05) is 13.8 Å². The number of hydrogen-bond donors (Lipinski definition) is 0. The van der Waals surface area contributed by atoms with Crippen molar-refractivity contribution in [2.75, 3.05) is 6.61 Å². The van der Waals surface area contributed by atoms with Gasteiger partial charge in [-0.15, -0.1) is 0 Å². The minimum absolute atomic E-state index is 0.233. The Morgan fingerprint density at radius 1 is 0.769 bits per heavy atom. The van der Waals surface area contributed by atoms with E-state index >= 15 is 0 Å². The summed E-state index contributed by atoms with van der Waals surface area (Å²) in [5.41, 5.74) is 0. The molecule has 0 aliphatic carbocycles. The number of hydrogen-bond acceptors (Lipinski definition) is 5. The predicted octanol–water partition coefficient (Wildman–Crippen LogP) is 5.45. The molecule has 0 unspecified atom stereocenters. The Hall–Kier alpha value is -2.04. The summed E-state index contributed by atoms with van der Waals surface area (Å²) >= 11 is 0. The zero-order chi connectivity index (χ0) is 19.2. The van der Waals surface area contributed by atoms with Crippen LogP contribution in [0.15, 0.2) is 18.2 Å². The minimum Gasteiger partial charge on any atom is -0.493 e. The molecule has 146 valence electrons. The lowest BCUT2D eigenvalue weighted by Crippen LogP contribution is -2.11. The van der Waals surface area contributed by atoms with Gasteiger partial charge in [0.05, 0.1) is 6.61 Å². The van der Waals surface area contributed by atoms with Crippen molar-refractivity contribution < 1.29 is 23.8 Å². The van der Waals surface area contributed by atoms with Crippen molar-refractivity contribution in [3.63, 3.8) is 0 Å². The lowest BCUT2D eigenvalue weighted by atomic mass is 10.2. The van der Waals surface area contributed by atoms with E-state index in [1.54, 1.807) is 18.2 Å². The van der Waals surface area contributed by atoms with Crippen molar-refractivity contribution in [1.82, 2.24) is 0 Å². The molecule has 0 saturated heterocycles. The highest BCUT2D eigenvalue weighted by Crippen LogP contribution is 2.32. The maximum atomic E-state index is 11.8. The molecule has 0 spiro atoms. The van der Waals surface area contributed by atoms with E-state index in [2.05, 4.69) is 6.92 Å². The second kappa shape index (κ2) is 13.2. The van der Waals surface area contributed by atoms with Crippen LogP contribution < -0.4 is 14.2 Å². The standard InChI is InChI=1S/C21H32O5/c1-4-7-8-9-10-15-24-17-13-14-18(25-20(22)11-5-2)19(16-17)26-21(23)12-6-3/h13-14,16H,4-12,15H2,1-3H3. The number of carbonyl (C=O) groups excluding carboxylic acids is 2. The molecule has 0 atom stereocenters. The van der Waals surface area contributed by atoms with Crippen LogP contribution in [-0.2, 0) is 9.59 Å². The number of ether oxygens (including phenoxy) is 3. The summed E-state index contributed by atoms with van der Waals surface area (Å²) in [6.45, 7) is 6.61. The molecule has 5 heteroatoms. The van der Waals surface area contributed by atoms with E-state index in [0.717, 1.165) is 12.8 Å². The average Bonchev–Trinajstić information content (AvgIpc) is 2.60. The molecule has 0 aliphatic heterocycles. The summed E-state index contributed by atoms with van der Waals surface area (Å²) in [5.74, 6) is 0.400. The Morgan fingerprint density at radius 2 is 1.38 bits per heavy atom. The molecular formula is C21H32O5. The van der Waals surface area contributed by atoms with Crippen LogP contribution in [0.3, 0.4) is 0 Å². The second-order valence-corrected chi connectivity index (χ2v) is 6.32. The third-order valence-electron chi connectivity index (χ3n) is 3.79. The van der Waals surface area contributed by atoms with Gasteiger partial charge in [-0.1, -0.05) is 46.5 Å². The first-order valence-electron chi connectivity index (χ1n) is 9.78. The fourth-order valence-corrected chi connectivity index (χ4v) is 2.39. The van der Waals surface area contributed by atoms with Crippen molar-refractivity contribution in [1.29, 1.82) is 0 Å². The Balaban J connectivity index is 2.71. The van der Waals surface area contributed by atoms with Crippen LogP contribution in [0.25, 0.3) is 0 Å². The topological polar surface area (TPSA) is 61.8 Å². The van der Waals surface area contributed by atoms with Gasteiger partial charge in [-0.2, -0.15) is 0 Å². The molecule has 0 aliphatic rings. The molecule has 0 amide bonds. The van der Waals surface area contributed by atoms with Crippen LogP contribution in [0.1, 0.15) is 78.6 Å². The lowest BCUT2D eigenvalue weighted by Gasteiger charge is -2.13. The highest BCUT2D eigenvalue weighted by molar-refractivity contribution is 5.76. The van der Waals surface area contributed by atoms with Gasteiger partial charge in [0.15, 0.2) is 11.5 Å². The van der Waals surface area contributed by atoms with Gasteiger partial charge >= 0.3 is 11.9 Å². The van der Waals surface area contributed by atoms with Gasteiger partial charge in [-0.3, -0.25) is 9.59 Å². The summed E-state index contributed by atoms with van der Waals surface area (Å²) in [6.07, 6.45) is 7.81. The van der Waals surface area contributed by atoms with Gasteiger partial charge in [0.1, 0.15) is 5.75 Å². The molecule has 0 heterocycles. The van der Waals surface area contributed by atoms with Crippen LogP contribution in [0.5, 0.6) is 17.2 Å². The first kappa shape index (κ1) is 22.0. The van der Waals surface area contributed by atoms with E-state index in [1.165, 1.54) is 19.3 Å². The third-order valence-corrected chi connectivity index (χ3v) is 3.79. The van der Waals surface area contributed by atoms with Gasteiger partial charge in [-0.05, 0) is 31.4 Å². The third kappa shape index (κ3) is 8.88. The zero-order valence-corrected chi connectivity index (χ0v) is 16.3. The van der Waals surface area contributed by atoms with Gasteiger partial charge < -0.3 is 14.2 Å². The van der Waals surface area contributed by atoms with E-state index in [-0.39, 0.29) is 23.4 Å². The highest BCUT2D eigenvalue weighted by atomic mass is 16.6. The van der Waals surface area contributed by atoms with Crippen LogP contribution in [0, 0.1) is 0 Å². The minimum atomic E-state index is -0.350. The van der Waals surface area contributed by atoms with E-state index in [9.17, 15) is 9.59 Å². The summed E-state index contributed by atoms with van der Waals surface area (Å²) in [7, 11) is 0. The normalized spacial score (nSPS) is 10.4. The lowest BCUT2D eigenvalue weighted by molar-refractivity contribution is -0.137. The average molecular weight is 364 g/mol. The maximum absolute atomic E-state index is 11.8. The molecular weight excluding hydrogens is 332 g/mol. The van der Waals surface area contributed by atoms with Crippen LogP contribution in [0.2, 0.25) is 0 Å². The quantitative estimate of drug-likeness (QED) is 0.265. The number of unbranched alkanes of at least 4 members (excludes halogenated alkanes) is 4. The smallest absolute Gasteiger partial charge is 0.311 e. The summed E-state index contributed by atoms with van der Waals surface area (Å²) in [5, 5.41) is 0. The van der Waals surface area contributed by atoms with Crippen LogP contribution in [0.4, 0.5) is 0 Å². The van der Waals surface area contributed by atoms with Crippen LogP contribution in [-0.4, -0.2) is 18.5 Å². The Kier molecular flexibility index (Phi) is 11.2. The summed E-state index contributed by atoms with van der Waals surface area (Å²) in [4.78, 5) is 23.6. The molecule has 1 aromatic rings. The Labute approximate surface area is 157 Å². The molecule has 0 radical (unpaired) electrons. The molecule has 0 saturated carbocycles. The number of rotatable bonds is 13. The Morgan fingerprint density at radius 3 is 2.00 bits per heavy atom. The van der Waals surface area contributed by atoms with Gasteiger partial charge in [0.2, 0.25) is 0 Å². The second-order valence-electron chi connectivity index (χ2n) is 6.32. The predicted molar refractivity (Wildman–Crippen MR) is 102 cm³/mol. The molecule has 1 rings (SSSR count). The molecule has 0 N–H and O–H groups in total. The first-order valence-corrected chi connectivity index (χ1v) is 9.78. The molecule has 0 aromatic heterocycles. The van der Waals surface area contributed by atoms with E-state index in [4.69, 9.17) is 14.2 Å². The van der Waals surface area contributed by atoms with Crippen molar-refractivity contribution in [2.24, 2.45) is 0 Å². The molecule has 1 aromatic carbocycles. The van der Waals surface area contributed by atoms with Gasteiger partial charge in [0.25, 0.3) is 0 Å². The SMILES string of the molecule is CCCCCCCOc1ccc(OC(=O)CCC)c(OC(=O)CCC)c1. The van der Waals surface area contributed by atoms with Crippen molar-refractivity contribution in [3.05, 3.63) is 18.2 Å². The van der Waals surface area contributed by atoms with Gasteiger partial charge in [-0.25, -0.2) is 0 Å². The highest BCUT2D eigenvalue weighted by Gasteiger charge is 2.14. The van der Waals surface area contributed by atoms with Crippen molar-refractivity contribution >= 4 is 11.9 Å². The molecule has 26 heavy (non-hydrogen) atoms. The summed E-state index contributed by atoms with van der Waals surface area (Å²) in [6, 6.07) is 4.97. The molecule has 0 bridgehead atoms. The maximum Gasteiger partial charge on any atom is 0.311 e. The fourth-order valence-electron chi connectivity index (χ4n) is 2.39. The monoisotopic (exact) mass is 364 g/mol. The fraction of sp³-hybridized carbons (Fsp3) is 0.619. The van der Waals surface area contributed by atoms with Crippen LogP contribution >= 0.6 is 0 Å². The zero-order valence-electron chi connectivity index (χ0n) is 16.3.